The van der Waals surface area contributed by atoms with Gasteiger partial charge in [-0.3, -0.25) is 4.79 Å². The third kappa shape index (κ3) is 2.04. The van der Waals surface area contributed by atoms with Gasteiger partial charge in [-0.2, -0.15) is 0 Å². The minimum atomic E-state index is -0.0649. The molecule has 0 aromatic heterocycles. The molecule has 1 aliphatic rings. The van der Waals surface area contributed by atoms with Crippen LogP contribution in [0.2, 0.25) is 0 Å². The fourth-order valence-electron chi connectivity index (χ4n) is 1.74. The predicted octanol–water partition coefficient (Wildman–Crippen LogP) is 3.10. The first-order valence-corrected chi connectivity index (χ1v) is 6.02. The van der Waals surface area contributed by atoms with E-state index in [1.165, 1.54) is 0 Å². The van der Waals surface area contributed by atoms with Crippen molar-refractivity contribution < 1.29 is 4.79 Å². The molecule has 1 aliphatic heterocycles. The number of carbonyl (C=O) groups is 1. The molecule has 2 nitrogen and oxygen atoms in total. The zero-order chi connectivity index (χ0) is 11.0. The molecule has 0 aliphatic carbocycles. The Kier molecular flexibility index (Phi) is 3.03. The van der Waals surface area contributed by atoms with Gasteiger partial charge in [-0.1, -0.05) is 12.1 Å². The maximum absolute atomic E-state index is 11.7. The van der Waals surface area contributed by atoms with Gasteiger partial charge in [-0.05, 0) is 34.5 Å². The number of hydrogen-bond donors (Lipinski definition) is 0. The zero-order valence-electron chi connectivity index (χ0n) is 8.34. The molecule has 1 aromatic carbocycles. The lowest BCUT2D eigenvalue weighted by Gasteiger charge is -2.18. The second kappa shape index (κ2) is 4.14. The molecule has 4 heteroatoms. The Balaban J connectivity index is 2.38. The molecule has 2 rings (SSSR count). The quantitative estimate of drug-likeness (QED) is 0.727. The van der Waals surface area contributed by atoms with Gasteiger partial charge in [0, 0.05) is 17.4 Å². The third-order valence-corrected chi connectivity index (χ3v) is 3.86. The first-order chi connectivity index (χ1) is 7.09. The maximum atomic E-state index is 11.7. The highest BCUT2D eigenvalue weighted by Gasteiger charge is 2.30. The summed E-state index contributed by atoms with van der Waals surface area (Å²) in [6.45, 7) is 2.61. The topological polar surface area (TPSA) is 20.3 Å². The highest BCUT2D eigenvalue weighted by atomic mass is 79.9. The fraction of sp³-hybridized carbons (Fsp3) is 0.364. The van der Waals surface area contributed by atoms with Gasteiger partial charge in [0.2, 0.25) is 5.91 Å². The Bertz CT molecular complexity index is 408. The molecule has 15 heavy (non-hydrogen) atoms. The van der Waals surface area contributed by atoms with Crippen LogP contribution in [0.15, 0.2) is 22.7 Å². The molecule has 0 N–H and O–H groups in total. The van der Waals surface area contributed by atoms with E-state index in [2.05, 4.69) is 15.9 Å². The summed E-state index contributed by atoms with van der Waals surface area (Å²) in [4.78, 5) is 13.4. The molecular formula is C11H11BrClNO. The van der Waals surface area contributed by atoms with Gasteiger partial charge in [-0.25, -0.2) is 0 Å². The number of rotatable bonds is 1. The standard InChI is InChI=1S/C11H11BrClNO/c1-7-3-2-4-9(11(7)12)14-6-8(13)5-10(14)15/h2-4,8H,5-6H2,1H3. The summed E-state index contributed by atoms with van der Waals surface area (Å²) in [7, 11) is 0. The molecule has 0 spiro atoms. The summed E-state index contributed by atoms with van der Waals surface area (Å²) in [5, 5.41) is -0.0649. The highest BCUT2D eigenvalue weighted by Crippen LogP contribution is 2.32. The number of hydrogen-bond acceptors (Lipinski definition) is 1. The molecule has 1 unspecified atom stereocenters. The minimum Gasteiger partial charge on any atom is -0.310 e. The number of anilines is 1. The Morgan fingerprint density at radius 1 is 1.53 bits per heavy atom. The number of halogens is 2. The van der Waals surface area contributed by atoms with Crippen molar-refractivity contribution >= 4 is 39.1 Å². The summed E-state index contributed by atoms with van der Waals surface area (Å²) in [5.41, 5.74) is 2.04. The average molecular weight is 289 g/mol. The van der Waals surface area contributed by atoms with Gasteiger partial charge >= 0.3 is 0 Å². The van der Waals surface area contributed by atoms with Crippen LogP contribution < -0.4 is 4.90 Å². The Hall–Kier alpha value is -0.540. The van der Waals surface area contributed by atoms with Gasteiger partial charge in [-0.15, -0.1) is 11.6 Å². The van der Waals surface area contributed by atoms with E-state index in [0.717, 1.165) is 15.7 Å². The zero-order valence-corrected chi connectivity index (χ0v) is 10.7. The number of amides is 1. The van der Waals surface area contributed by atoms with Crippen molar-refractivity contribution in [2.45, 2.75) is 18.7 Å². The molecule has 1 atom stereocenters. The fourth-order valence-corrected chi connectivity index (χ4v) is 2.49. The first kappa shape index (κ1) is 11.0. The lowest BCUT2D eigenvalue weighted by Crippen LogP contribution is -2.25. The van der Waals surface area contributed by atoms with Crippen LogP contribution in [0.1, 0.15) is 12.0 Å². The van der Waals surface area contributed by atoms with Crippen LogP contribution in [0.3, 0.4) is 0 Å². The Morgan fingerprint density at radius 3 is 2.87 bits per heavy atom. The largest absolute Gasteiger partial charge is 0.310 e. The van der Waals surface area contributed by atoms with Crippen LogP contribution in [0.4, 0.5) is 5.69 Å². The third-order valence-electron chi connectivity index (χ3n) is 2.54. The van der Waals surface area contributed by atoms with Crippen LogP contribution in [0.25, 0.3) is 0 Å². The molecule has 0 radical (unpaired) electrons. The van der Waals surface area contributed by atoms with Gasteiger partial charge in [0.1, 0.15) is 0 Å². The molecule has 1 aromatic rings. The number of benzene rings is 1. The summed E-state index contributed by atoms with van der Waals surface area (Å²) in [5.74, 6) is 0.0984. The van der Waals surface area contributed by atoms with E-state index in [0.29, 0.717) is 13.0 Å². The van der Waals surface area contributed by atoms with E-state index in [1.54, 1.807) is 4.90 Å². The van der Waals surface area contributed by atoms with Crippen LogP contribution >= 0.6 is 27.5 Å². The molecule has 1 fully saturated rings. The Labute approximate surface area is 102 Å². The van der Waals surface area contributed by atoms with Gasteiger partial charge in [0.05, 0.1) is 11.1 Å². The predicted molar refractivity (Wildman–Crippen MR) is 65.5 cm³/mol. The van der Waals surface area contributed by atoms with Crippen LogP contribution in [-0.4, -0.2) is 17.8 Å². The van der Waals surface area contributed by atoms with E-state index in [9.17, 15) is 4.79 Å². The van der Waals surface area contributed by atoms with E-state index in [4.69, 9.17) is 11.6 Å². The maximum Gasteiger partial charge on any atom is 0.228 e. The smallest absolute Gasteiger partial charge is 0.228 e. The van der Waals surface area contributed by atoms with Crippen LogP contribution in [0.5, 0.6) is 0 Å². The van der Waals surface area contributed by atoms with E-state index < -0.39 is 0 Å². The van der Waals surface area contributed by atoms with Crippen LogP contribution in [-0.2, 0) is 4.79 Å². The summed E-state index contributed by atoms with van der Waals surface area (Å²) < 4.78 is 0.976. The van der Waals surface area contributed by atoms with Gasteiger partial charge in [0.15, 0.2) is 0 Å². The monoisotopic (exact) mass is 287 g/mol. The van der Waals surface area contributed by atoms with E-state index in [-0.39, 0.29) is 11.3 Å². The van der Waals surface area contributed by atoms with Crippen molar-refractivity contribution in [1.82, 2.24) is 0 Å². The SMILES string of the molecule is Cc1cccc(N2CC(Cl)CC2=O)c1Br. The van der Waals surface area contributed by atoms with E-state index >= 15 is 0 Å². The molecule has 0 bridgehead atoms. The molecule has 0 saturated carbocycles. The molecule has 1 amide bonds. The summed E-state index contributed by atoms with van der Waals surface area (Å²) in [6, 6.07) is 5.89. The minimum absolute atomic E-state index is 0.0649. The summed E-state index contributed by atoms with van der Waals surface area (Å²) >= 11 is 9.47. The first-order valence-electron chi connectivity index (χ1n) is 4.79. The van der Waals surface area contributed by atoms with Crippen molar-refractivity contribution in [2.24, 2.45) is 0 Å². The second-order valence-corrected chi connectivity index (χ2v) is 5.12. The average Bonchev–Trinajstić information content (AvgIpc) is 2.50. The van der Waals surface area contributed by atoms with Crippen LogP contribution in [0, 0.1) is 6.92 Å². The van der Waals surface area contributed by atoms with Crippen molar-refractivity contribution in [3.05, 3.63) is 28.2 Å². The molecule has 1 heterocycles. The normalized spacial score (nSPS) is 21.1. The lowest BCUT2D eigenvalue weighted by molar-refractivity contribution is -0.117. The van der Waals surface area contributed by atoms with E-state index in [1.807, 2.05) is 25.1 Å². The number of nitrogens with zero attached hydrogens (tertiary/aromatic N) is 1. The van der Waals surface area contributed by atoms with Crippen molar-refractivity contribution in [1.29, 1.82) is 0 Å². The molecule has 80 valence electrons. The summed E-state index contributed by atoms with van der Waals surface area (Å²) in [6.07, 6.45) is 0.432. The van der Waals surface area contributed by atoms with Gasteiger partial charge in [0.25, 0.3) is 0 Å². The molecular weight excluding hydrogens is 277 g/mol. The lowest BCUT2D eigenvalue weighted by atomic mass is 10.2. The number of aryl methyl sites for hydroxylation is 1. The van der Waals surface area contributed by atoms with Crippen molar-refractivity contribution in [3.63, 3.8) is 0 Å². The highest BCUT2D eigenvalue weighted by molar-refractivity contribution is 9.10. The molecule has 1 saturated heterocycles. The second-order valence-electron chi connectivity index (χ2n) is 3.71. The van der Waals surface area contributed by atoms with Crippen molar-refractivity contribution in [2.75, 3.05) is 11.4 Å². The Morgan fingerprint density at radius 2 is 2.27 bits per heavy atom. The number of carbonyl (C=O) groups excluding carboxylic acids is 1. The van der Waals surface area contributed by atoms with Gasteiger partial charge < -0.3 is 4.90 Å². The number of alkyl halides is 1. The van der Waals surface area contributed by atoms with Crippen molar-refractivity contribution in [3.8, 4) is 0 Å².